The Labute approximate surface area is 68.9 Å². The second-order valence-corrected chi connectivity index (χ2v) is 2.21. The van der Waals surface area contributed by atoms with Crippen molar-refractivity contribution in [2.75, 3.05) is 0 Å². The number of unbranched alkanes of at least 4 members (excludes halogenated alkanes) is 1. The molecule has 0 aromatic carbocycles. The van der Waals surface area contributed by atoms with Crippen molar-refractivity contribution >= 4 is 0 Å². The molecule has 0 saturated heterocycles. The van der Waals surface area contributed by atoms with Gasteiger partial charge in [-0.3, -0.25) is 0 Å². The normalized spacial score (nSPS) is 8.22. The van der Waals surface area contributed by atoms with Gasteiger partial charge in [0.15, 0.2) is 0 Å². The molecule has 0 spiro atoms. The van der Waals surface area contributed by atoms with Crippen LogP contribution in [0.2, 0.25) is 0 Å². The van der Waals surface area contributed by atoms with Gasteiger partial charge >= 0.3 is 0 Å². The van der Waals surface area contributed by atoms with Gasteiger partial charge in [-0.15, -0.1) is 0 Å². The van der Waals surface area contributed by atoms with Crippen LogP contribution >= 0.6 is 0 Å². The van der Waals surface area contributed by atoms with Crippen molar-refractivity contribution in [1.29, 1.82) is 0 Å². The SMILES string of the molecule is C=C(CC)CCCC.[Co]. The maximum Gasteiger partial charge on any atom is 0 e. The molecule has 0 N–H and O–H groups in total. The summed E-state index contributed by atoms with van der Waals surface area (Å²) in [7, 11) is 0. The first-order valence-corrected chi connectivity index (χ1v) is 3.47. The van der Waals surface area contributed by atoms with Crippen LogP contribution in [-0.4, -0.2) is 0 Å². The Balaban J connectivity index is 0. The zero-order chi connectivity index (χ0) is 6.41. The Bertz CT molecular complexity index is 67.0. The predicted octanol–water partition coefficient (Wildman–Crippen LogP) is 3.14. The quantitative estimate of drug-likeness (QED) is 0.570. The van der Waals surface area contributed by atoms with E-state index < -0.39 is 0 Å². The minimum Gasteiger partial charge on any atom is -0.0999 e. The van der Waals surface area contributed by atoms with Crippen molar-refractivity contribution in [2.45, 2.75) is 39.5 Å². The van der Waals surface area contributed by atoms with Crippen molar-refractivity contribution in [3.63, 3.8) is 0 Å². The fourth-order valence-corrected chi connectivity index (χ4v) is 0.604. The van der Waals surface area contributed by atoms with Crippen LogP contribution in [0.4, 0.5) is 0 Å². The van der Waals surface area contributed by atoms with Gasteiger partial charge in [0.25, 0.3) is 0 Å². The number of allylic oxidation sites excluding steroid dienone is 1. The molecular weight excluding hydrogens is 155 g/mol. The van der Waals surface area contributed by atoms with Crippen LogP contribution in [0.3, 0.4) is 0 Å². The largest absolute Gasteiger partial charge is 0.0999 e. The van der Waals surface area contributed by atoms with Gasteiger partial charge in [0.2, 0.25) is 0 Å². The second kappa shape index (κ2) is 8.25. The Morgan fingerprint density at radius 2 is 1.89 bits per heavy atom. The standard InChI is InChI=1S/C8H16.Co/c1-4-6-7-8(3)5-2;/h3-7H2,1-2H3;. The van der Waals surface area contributed by atoms with Crippen LogP contribution < -0.4 is 0 Å². The summed E-state index contributed by atoms with van der Waals surface area (Å²) in [5.74, 6) is 0. The molecule has 57 valence electrons. The minimum absolute atomic E-state index is 0. The average molecular weight is 171 g/mol. The molecule has 0 amide bonds. The van der Waals surface area contributed by atoms with Crippen LogP contribution in [0.1, 0.15) is 39.5 Å². The molecule has 0 aromatic rings. The van der Waals surface area contributed by atoms with Crippen molar-refractivity contribution in [1.82, 2.24) is 0 Å². The monoisotopic (exact) mass is 171 g/mol. The summed E-state index contributed by atoms with van der Waals surface area (Å²) in [5, 5.41) is 0. The van der Waals surface area contributed by atoms with Crippen molar-refractivity contribution in [3.05, 3.63) is 12.2 Å². The molecule has 0 heterocycles. The van der Waals surface area contributed by atoms with Gasteiger partial charge in [-0.1, -0.05) is 32.4 Å². The van der Waals surface area contributed by atoms with Crippen molar-refractivity contribution in [2.24, 2.45) is 0 Å². The Morgan fingerprint density at radius 1 is 1.33 bits per heavy atom. The summed E-state index contributed by atoms with van der Waals surface area (Å²) in [6.07, 6.45) is 4.98. The van der Waals surface area contributed by atoms with E-state index in [2.05, 4.69) is 20.4 Å². The van der Waals surface area contributed by atoms with E-state index in [0.717, 1.165) is 6.42 Å². The number of hydrogen-bond acceptors (Lipinski definition) is 0. The number of hydrogen-bond donors (Lipinski definition) is 0. The summed E-state index contributed by atoms with van der Waals surface area (Å²) in [6.45, 7) is 8.29. The molecule has 0 aliphatic heterocycles. The summed E-state index contributed by atoms with van der Waals surface area (Å²) < 4.78 is 0. The van der Waals surface area contributed by atoms with Gasteiger partial charge in [-0.2, -0.15) is 0 Å². The number of rotatable bonds is 4. The fraction of sp³-hybridized carbons (Fsp3) is 0.750. The van der Waals surface area contributed by atoms with E-state index in [0.29, 0.717) is 0 Å². The van der Waals surface area contributed by atoms with Crippen LogP contribution in [0.25, 0.3) is 0 Å². The van der Waals surface area contributed by atoms with Crippen LogP contribution in [0, 0.1) is 0 Å². The fourth-order valence-electron chi connectivity index (χ4n) is 0.604. The van der Waals surface area contributed by atoms with Gasteiger partial charge in [-0.05, 0) is 19.3 Å². The van der Waals surface area contributed by atoms with E-state index in [4.69, 9.17) is 0 Å². The molecule has 0 bridgehead atoms. The molecule has 9 heavy (non-hydrogen) atoms. The molecule has 0 aliphatic rings. The van der Waals surface area contributed by atoms with Crippen molar-refractivity contribution in [3.8, 4) is 0 Å². The Hall–Kier alpha value is 0.246. The smallest absolute Gasteiger partial charge is 0 e. The van der Waals surface area contributed by atoms with Gasteiger partial charge in [0.1, 0.15) is 0 Å². The molecule has 0 atom stereocenters. The predicted molar refractivity (Wildman–Crippen MR) is 39.0 cm³/mol. The topological polar surface area (TPSA) is 0 Å². The Morgan fingerprint density at radius 3 is 2.22 bits per heavy atom. The van der Waals surface area contributed by atoms with Crippen LogP contribution in [-0.2, 0) is 16.8 Å². The van der Waals surface area contributed by atoms with E-state index in [1.54, 1.807) is 0 Å². The van der Waals surface area contributed by atoms with E-state index in [1.165, 1.54) is 24.8 Å². The molecule has 0 nitrogen and oxygen atoms in total. The summed E-state index contributed by atoms with van der Waals surface area (Å²) >= 11 is 0. The molecule has 0 aliphatic carbocycles. The van der Waals surface area contributed by atoms with Crippen molar-refractivity contribution < 1.29 is 16.8 Å². The molecule has 0 fully saturated rings. The minimum atomic E-state index is 0. The molecule has 0 saturated carbocycles. The third-order valence-corrected chi connectivity index (χ3v) is 1.38. The van der Waals surface area contributed by atoms with Crippen LogP contribution in [0.15, 0.2) is 12.2 Å². The summed E-state index contributed by atoms with van der Waals surface area (Å²) in [4.78, 5) is 0. The van der Waals surface area contributed by atoms with Gasteiger partial charge in [0, 0.05) is 16.8 Å². The van der Waals surface area contributed by atoms with Gasteiger partial charge < -0.3 is 0 Å². The maximum atomic E-state index is 3.91. The zero-order valence-electron chi connectivity index (χ0n) is 6.37. The van der Waals surface area contributed by atoms with Crippen LogP contribution in [0.5, 0.6) is 0 Å². The average Bonchev–Trinajstić information content (AvgIpc) is 1.83. The zero-order valence-corrected chi connectivity index (χ0v) is 7.41. The second-order valence-electron chi connectivity index (χ2n) is 2.21. The molecular formula is C8H16Co. The third kappa shape index (κ3) is 8.25. The molecule has 1 radical (unpaired) electrons. The summed E-state index contributed by atoms with van der Waals surface area (Å²) in [5.41, 5.74) is 1.40. The van der Waals surface area contributed by atoms with Gasteiger partial charge in [-0.25, -0.2) is 0 Å². The summed E-state index contributed by atoms with van der Waals surface area (Å²) in [6, 6.07) is 0. The van der Waals surface area contributed by atoms with E-state index in [-0.39, 0.29) is 16.8 Å². The van der Waals surface area contributed by atoms with E-state index in [9.17, 15) is 0 Å². The third-order valence-electron chi connectivity index (χ3n) is 1.38. The first-order chi connectivity index (χ1) is 3.81. The molecule has 0 unspecified atom stereocenters. The van der Waals surface area contributed by atoms with Gasteiger partial charge in [0.05, 0.1) is 0 Å². The molecule has 0 aromatic heterocycles. The molecule has 1 heteroatoms. The first kappa shape index (κ1) is 12.0. The molecule has 0 rings (SSSR count). The van der Waals surface area contributed by atoms with E-state index >= 15 is 0 Å². The first-order valence-electron chi connectivity index (χ1n) is 3.47. The Kier molecular flexibility index (Phi) is 11.0. The maximum absolute atomic E-state index is 3.91. The van der Waals surface area contributed by atoms with E-state index in [1.807, 2.05) is 0 Å².